The van der Waals surface area contributed by atoms with Crippen LogP contribution in [0.3, 0.4) is 0 Å². The van der Waals surface area contributed by atoms with E-state index in [0.29, 0.717) is 19.6 Å². The van der Waals surface area contributed by atoms with Crippen molar-refractivity contribution in [3.63, 3.8) is 0 Å². The summed E-state index contributed by atoms with van der Waals surface area (Å²) in [6, 6.07) is 21.8. The predicted octanol–water partition coefficient (Wildman–Crippen LogP) is 7.87. The zero-order chi connectivity index (χ0) is 31.6. The van der Waals surface area contributed by atoms with E-state index in [1.807, 2.05) is 49.5 Å². The van der Waals surface area contributed by atoms with Gasteiger partial charge in [0.15, 0.2) is 0 Å². The second-order valence-corrected chi connectivity index (χ2v) is 14.7. The number of aromatic amines is 1. The van der Waals surface area contributed by atoms with Gasteiger partial charge in [-0.1, -0.05) is 51.1 Å². The summed E-state index contributed by atoms with van der Waals surface area (Å²) in [4.78, 5) is 32.4. The van der Waals surface area contributed by atoms with E-state index in [-0.39, 0.29) is 10.3 Å². The van der Waals surface area contributed by atoms with E-state index in [4.69, 9.17) is 4.74 Å². The van der Waals surface area contributed by atoms with Crippen LogP contribution in [0, 0.1) is 12.3 Å². The zero-order valence-electron chi connectivity index (χ0n) is 26.1. The van der Waals surface area contributed by atoms with Gasteiger partial charge in [-0.25, -0.2) is 0 Å². The molecule has 44 heavy (non-hydrogen) atoms. The van der Waals surface area contributed by atoms with Crippen molar-refractivity contribution >= 4 is 28.6 Å². The number of nitrogens with one attached hydrogen (secondary N) is 1. The first-order valence-corrected chi connectivity index (χ1v) is 15.5. The van der Waals surface area contributed by atoms with Crippen LogP contribution in [0.4, 0.5) is 0 Å². The number of pyridine rings is 2. The minimum atomic E-state index is -0.972. The smallest absolute Gasteiger partial charge is 0.309 e. The number of benzene rings is 2. The highest BCUT2D eigenvalue weighted by Crippen LogP contribution is 2.44. The molecule has 5 aromatic rings. The lowest BCUT2D eigenvalue weighted by Gasteiger charge is -2.24. The number of thioether (sulfide) groups is 1. The number of aryl methyl sites for hydroxylation is 1. The molecular formula is C36H39N3O4S. The van der Waals surface area contributed by atoms with Gasteiger partial charge in [-0.3, -0.25) is 14.6 Å². The number of ether oxygens (including phenoxy) is 1. The van der Waals surface area contributed by atoms with Crippen LogP contribution < -0.4 is 10.3 Å². The van der Waals surface area contributed by atoms with Crippen molar-refractivity contribution in [2.75, 3.05) is 0 Å². The average molecular weight is 610 g/mol. The molecule has 0 aliphatic rings. The standard InChI is InChI=1S/C36H39N3O4S/c1-23-7-12-27(38-20-23)22-43-28-13-14-30-29(18-28)33(44-35(2,3)4)31(19-36(5,6)34(41)42)39(30)21-24-8-10-25(11-9-24)26-15-16-37-32(40)17-26/h7-18,20H,19,21-22H2,1-6H3,(H,37,40)(H,41,42). The third kappa shape index (κ3) is 7.25. The average Bonchev–Trinajstić information content (AvgIpc) is 3.22. The molecule has 0 atom stereocenters. The van der Waals surface area contributed by atoms with Crippen LogP contribution in [0.15, 0.2) is 88.8 Å². The van der Waals surface area contributed by atoms with Gasteiger partial charge >= 0.3 is 5.97 Å². The first kappa shape index (κ1) is 31.1. The van der Waals surface area contributed by atoms with E-state index in [2.05, 4.69) is 59.6 Å². The van der Waals surface area contributed by atoms with Crippen LogP contribution in [0.25, 0.3) is 22.0 Å². The fourth-order valence-electron chi connectivity index (χ4n) is 5.07. The van der Waals surface area contributed by atoms with Gasteiger partial charge in [-0.2, -0.15) is 0 Å². The summed E-state index contributed by atoms with van der Waals surface area (Å²) in [5, 5.41) is 11.2. The lowest BCUT2D eigenvalue weighted by molar-refractivity contribution is -0.146. The Hall–Kier alpha value is -4.30. The Balaban J connectivity index is 1.58. The minimum Gasteiger partial charge on any atom is -0.487 e. The minimum absolute atomic E-state index is 0.112. The number of carbonyl (C=O) groups is 1. The maximum atomic E-state index is 12.3. The summed E-state index contributed by atoms with van der Waals surface area (Å²) in [5.74, 6) is -0.100. The molecule has 5 rings (SSSR count). The van der Waals surface area contributed by atoms with Crippen molar-refractivity contribution in [2.45, 2.75) is 70.8 Å². The number of carboxylic acid groups (broad SMARTS) is 1. The first-order valence-electron chi connectivity index (χ1n) is 14.7. The third-order valence-electron chi connectivity index (χ3n) is 7.45. The molecule has 0 saturated heterocycles. The lowest BCUT2D eigenvalue weighted by atomic mass is 9.88. The fourth-order valence-corrected chi connectivity index (χ4v) is 6.25. The third-order valence-corrected chi connectivity index (χ3v) is 8.72. The molecular weight excluding hydrogens is 570 g/mol. The molecule has 0 amide bonds. The molecule has 0 fully saturated rings. The lowest BCUT2D eigenvalue weighted by Crippen LogP contribution is -2.28. The molecule has 2 N–H and O–H groups in total. The second-order valence-electron chi connectivity index (χ2n) is 12.9. The predicted molar refractivity (Wildman–Crippen MR) is 178 cm³/mol. The van der Waals surface area contributed by atoms with Crippen molar-refractivity contribution in [1.29, 1.82) is 0 Å². The summed E-state index contributed by atoms with van der Waals surface area (Å²) in [5.41, 5.74) is 5.73. The molecule has 0 unspecified atom stereocenters. The first-order chi connectivity index (χ1) is 20.8. The van der Waals surface area contributed by atoms with E-state index in [1.54, 1.807) is 37.9 Å². The quantitative estimate of drug-likeness (QED) is 0.156. The van der Waals surface area contributed by atoms with Crippen LogP contribution >= 0.6 is 11.8 Å². The molecule has 0 aliphatic carbocycles. The zero-order valence-corrected chi connectivity index (χ0v) is 26.9. The molecule has 0 radical (unpaired) electrons. The maximum absolute atomic E-state index is 12.3. The van der Waals surface area contributed by atoms with Gasteiger partial charge in [0.25, 0.3) is 0 Å². The monoisotopic (exact) mass is 609 g/mol. The van der Waals surface area contributed by atoms with Crippen LogP contribution in [-0.2, 0) is 24.4 Å². The van der Waals surface area contributed by atoms with Crippen LogP contribution in [0.5, 0.6) is 5.75 Å². The number of rotatable bonds is 10. The molecule has 0 spiro atoms. The van der Waals surface area contributed by atoms with E-state index >= 15 is 0 Å². The SMILES string of the molecule is Cc1ccc(COc2ccc3c(c2)c(SC(C)(C)C)c(CC(C)(C)C(=O)O)n3Cc2ccc(-c3cc[nH]c(=O)c3)cc2)nc1. The normalized spacial score (nSPS) is 12.0. The number of hydrogen-bond acceptors (Lipinski definition) is 5. The van der Waals surface area contributed by atoms with Crippen molar-refractivity contribution in [2.24, 2.45) is 5.41 Å². The van der Waals surface area contributed by atoms with Gasteiger partial charge in [0.05, 0.1) is 11.1 Å². The fraction of sp³-hybridized carbons (Fsp3) is 0.306. The summed E-state index contributed by atoms with van der Waals surface area (Å²) in [7, 11) is 0. The summed E-state index contributed by atoms with van der Waals surface area (Å²) >= 11 is 1.75. The van der Waals surface area contributed by atoms with Crippen LogP contribution in [0.2, 0.25) is 0 Å². The molecule has 2 aromatic carbocycles. The summed E-state index contributed by atoms with van der Waals surface area (Å²) < 4.78 is 8.34. The molecule has 0 saturated carbocycles. The largest absolute Gasteiger partial charge is 0.487 e. The van der Waals surface area contributed by atoms with E-state index in [1.165, 1.54) is 0 Å². The van der Waals surface area contributed by atoms with Crippen molar-refractivity contribution in [3.8, 4) is 16.9 Å². The topological polar surface area (TPSA) is 97.2 Å². The number of hydrogen-bond donors (Lipinski definition) is 2. The number of aromatic nitrogens is 3. The van der Waals surface area contributed by atoms with Gasteiger partial charge in [-0.05, 0) is 73.4 Å². The highest BCUT2D eigenvalue weighted by atomic mass is 32.2. The van der Waals surface area contributed by atoms with Gasteiger partial charge in [-0.15, -0.1) is 11.8 Å². The van der Waals surface area contributed by atoms with Gasteiger partial charge in [0.2, 0.25) is 5.56 Å². The van der Waals surface area contributed by atoms with E-state index in [0.717, 1.165) is 55.2 Å². The molecule has 8 heteroatoms. The highest BCUT2D eigenvalue weighted by molar-refractivity contribution is 8.00. The number of aliphatic carboxylic acids is 1. The number of nitrogens with zero attached hydrogens (tertiary/aromatic N) is 2. The Labute approximate surface area is 262 Å². The van der Waals surface area contributed by atoms with E-state index in [9.17, 15) is 14.7 Å². The Kier molecular flexibility index (Phi) is 8.75. The van der Waals surface area contributed by atoms with Gasteiger partial charge in [0.1, 0.15) is 12.4 Å². The van der Waals surface area contributed by atoms with Crippen molar-refractivity contribution in [1.82, 2.24) is 14.5 Å². The summed E-state index contributed by atoms with van der Waals surface area (Å²) in [6.07, 6.45) is 3.85. The Morgan fingerprint density at radius 3 is 2.36 bits per heavy atom. The van der Waals surface area contributed by atoms with Crippen molar-refractivity contribution in [3.05, 3.63) is 112 Å². The van der Waals surface area contributed by atoms with Crippen LogP contribution in [-0.4, -0.2) is 30.4 Å². The summed E-state index contributed by atoms with van der Waals surface area (Å²) in [6.45, 7) is 13.0. The molecule has 7 nitrogen and oxygen atoms in total. The Bertz CT molecular complexity index is 1850. The molecule has 3 aromatic heterocycles. The molecule has 0 aliphatic heterocycles. The van der Waals surface area contributed by atoms with Crippen molar-refractivity contribution < 1.29 is 14.6 Å². The molecule has 0 bridgehead atoms. The second kappa shape index (κ2) is 12.4. The van der Waals surface area contributed by atoms with Gasteiger partial charge < -0.3 is 19.4 Å². The molecule has 228 valence electrons. The highest BCUT2D eigenvalue weighted by Gasteiger charge is 2.33. The Morgan fingerprint density at radius 1 is 0.977 bits per heavy atom. The van der Waals surface area contributed by atoms with E-state index < -0.39 is 11.4 Å². The van der Waals surface area contributed by atoms with Crippen LogP contribution in [0.1, 0.15) is 57.1 Å². The number of carboxylic acids is 1. The number of H-pyrrole nitrogens is 1. The molecule has 3 heterocycles. The van der Waals surface area contributed by atoms with Gasteiger partial charge in [0, 0.05) is 57.7 Å². The Morgan fingerprint density at radius 2 is 1.73 bits per heavy atom. The maximum Gasteiger partial charge on any atom is 0.309 e. The number of fused-ring (bicyclic) bond motifs is 1.